The predicted octanol–water partition coefficient (Wildman–Crippen LogP) is -0.0972. The third kappa shape index (κ3) is 2.52. The Kier molecular flexibility index (Phi) is 3.51. The van der Waals surface area contributed by atoms with Gasteiger partial charge in [0.1, 0.15) is 6.04 Å². The van der Waals surface area contributed by atoms with Crippen LogP contribution in [0.1, 0.15) is 12.8 Å². The second-order valence-corrected chi connectivity index (χ2v) is 4.76. The van der Waals surface area contributed by atoms with Gasteiger partial charge in [-0.15, -0.1) is 0 Å². The average Bonchev–Trinajstić information content (AvgIpc) is 2.78. The molecule has 2 aliphatic rings. The number of carbonyl (C=O) groups excluding carboxylic acids is 1. The number of hydrogen-bond acceptors (Lipinski definition) is 3. The third-order valence-electron chi connectivity index (χ3n) is 3.56. The number of urea groups is 1. The number of likely N-dealkylation sites (N-methyl/N-ethyl adjacent to an activating group) is 1. The van der Waals surface area contributed by atoms with Crippen LogP contribution in [0.25, 0.3) is 0 Å². The molecule has 6 heteroatoms. The summed E-state index contributed by atoms with van der Waals surface area (Å²) in [6, 6.07) is -0.731. The van der Waals surface area contributed by atoms with Crippen LogP contribution < -0.4 is 0 Å². The van der Waals surface area contributed by atoms with Crippen LogP contribution in [0, 0.1) is 0 Å². The van der Waals surface area contributed by atoms with E-state index in [-0.39, 0.29) is 6.03 Å². The van der Waals surface area contributed by atoms with Gasteiger partial charge in [0.15, 0.2) is 0 Å². The Morgan fingerprint density at radius 2 is 1.76 bits per heavy atom. The van der Waals surface area contributed by atoms with Gasteiger partial charge in [0.2, 0.25) is 0 Å². The molecule has 0 bridgehead atoms. The largest absolute Gasteiger partial charge is 0.480 e. The van der Waals surface area contributed by atoms with Gasteiger partial charge in [-0.25, -0.2) is 9.59 Å². The van der Waals surface area contributed by atoms with Crippen molar-refractivity contribution < 1.29 is 14.7 Å². The van der Waals surface area contributed by atoms with E-state index in [4.69, 9.17) is 5.11 Å². The fourth-order valence-electron chi connectivity index (χ4n) is 2.43. The zero-order valence-corrected chi connectivity index (χ0v) is 10.1. The molecule has 2 fully saturated rings. The van der Waals surface area contributed by atoms with Crippen LogP contribution >= 0.6 is 0 Å². The van der Waals surface area contributed by atoms with Gasteiger partial charge in [0.25, 0.3) is 0 Å². The van der Waals surface area contributed by atoms with Crippen molar-refractivity contribution in [3.63, 3.8) is 0 Å². The number of carboxylic acids is 1. The lowest BCUT2D eigenvalue weighted by molar-refractivity contribution is -0.141. The van der Waals surface area contributed by atoms with Crippen molar-refractivity contribution >= 4 is 12.0 Å². The number of aliphatic carboxylic acids is 1. The lowest BCUT2D eigenvalue weighted by Gasteiger charge is -2.36. The second kappa shape index (κ2) is 4.91. The van der Waals surface area contributed by atoms with Gasteiger partial charge in [-0.3, -0.25) is 0 Å². The number of piperazine rings is 1. The Hall–Kier alpha value is -1.30. The van der Waals surface area contributed by atoms with E-state index in [9.17, 15) is 9.59 Å². The molecule has 0 radical (unpaired) electrons. The Balaban J connectivity index is 1.97. The van der Waals surface area contributed by atoms with Gasteiger partial charge in [-0.2, -0.15) is 0 Å². The van der Waals surface area contributed by atoms with Gasteiger partial charge in [-0.1, -0.05) is 0 Å². The molecule has 0 aliphatic carbocycles. The molecule has 0 saturated carbocycles. The number of amides is 2. The summed E-state index contributed by atoms with van der Waals surface area (Å²) in [6.07, 6.45) is 1.37. The maximum absolute atomic E-state index is 12.2. The third-order valence-corrected chi connectivity index (χ3v) is 3.56. The normalized spacial score (nSPS) is 26.3. The number of carboxylic acid groups (broad SMARTS) is 1. The number of rotatable bonds is 1. The van der Waals surface area contributed by atoms with Crippen molar-refractivity contribution in [1.29, 1.82) is 0 Å². The van der Waals surface area contributed by atoms with E-state index in [1.807, 2.05) is 7.05 Å². The van der Waals surface area contributed by atoms with Crippen molar-refractivity contribution in [2.24, 2.45) is 0 Å². The summed E-state index contributed by atoms with van der Waals surface area (Å²) < 4.78 is 0. The molecule has 2 saturated heterocycles. The highest BCUT2D eigenvalue weighted by Gasteiger charge is 2.36. The first-order valence-corrected chi connectivity index (χ1v) is 6.06. The maximum atomic E-state index is 12.2. The Morgan fingerprint density at radius 3 is 2.35 bits per heavy atom. The number of nitrogens with zero attached hydrogens (tertiary/aromatic N) is 3. The summed E-state index contributed by atoms with van der Waals surface area (Å²) in [5, 5.41) is 9.05. The summed E-state index contributed by atoms with van der Waals surface area (Å²) >= 11 is 0. The van der Waals surface area contributed by atoms with E-state index in [0.717, 1.165) is 19.5 Å². The maximum Gasteiger partial charge on any atom is 0.326 e. The number of hydrogen-bond donors (Lipinski definition) is 1. The monoisotopic (exact) mass is 241 g/mol. The second-order valence-electron chi connectivity index (χ2n) is 4.76. The molecule has 17 heavy (non-hydrogen) atoms. The van der Waals surface area contributed by atoms with Crippen molar-refractivity contribution in [2.45, 2.75) is 18.9 Å². The summed E-state index contributed by atoms with van der Waals surface area (Å²) in [6.45, 7) is 3.67. The Bertz CT molecular complexity index is 313. The first kappa shape index (κ1) is 12.2. The van der Waals surface area contributed by atoms with Crippen molar-refractivity contribution in [2.75, 3.05) is 39.8 Å². The molecular formula is C11H19N3O3. The highest BCUT2D eigenvalue weighted by molar-refractivity contribution is 5.83. The molecule has 0 unspecified atom stereocenters. The highest BCUT2D eigenvalue weighted by atomic mass is 16.4. The molecule has 6 nitrogen and oxygen atoms in total. The summed E-state index contributed by atoms with van der Waals surface area (Å²) in [4.78, 5) is 28.7. The van der Waals surface area contributed by atoms with Gasteiger partial charge < -0.3 is 19.8 Å². The highest BCUT2D eigenvalue weighted by Crippen LogP contribution is 2.19. The van der Waals surface area contributed by atoms with E-state index < -0.39 is 12.0 Å². The minimum atomic E-state index is -0.884. The molecule has 2 heterocycles. The van der Waals surface area contributed by atoms with Crippen LogP contribution in [0.15, 0.2) is 0 Å². The molecular weight excluding hydrogens is 222 g/mol. The van der Waals surface area contributed by atoms with E-state index >= 15 is 0 Å². The first-order valence-electron chi connectivity index (χ1n) is 6.06. The molecule has 0 aromatic carbocycles. The number of carbonyl (C=O) groups is 2. The first-order chi connectivity index (χ1) is 8.09. The summed E-state index contributed by atoms with van der Waals surface area (Å²) in [5.41, 5.74) is 0. The van der Waals surface area contributed by atoms with Crippen LogP contribution in [0.2, 0.25) is 0 Å². The van der Waals surface area contributed by atoms with Gasteiger partial charge in [0.05, 0.1) is 0 Å². The van der Waals surface area contributed by atoms with E-state index in [1.165, 1.54) is 4.90 Å². The van der Waals surface area contributed by atoms with E-state index in [1.54, 1.807) is 4.90 Å². The quantitative estimate of drug-likeness (QED) is 0.696. The molecule has 0 spiro atoms. The lowest BCUT2D eigenvalue weighted by Crippen LogP contribution is -2.54. The minimum absolute atomic E-state index is 0.108. The standard InChI is InChI=1S/C11H19N3O3/c1-12-5-7-13(8-6-12)11(17)14-4-2-3-9(14)10(15)16/h9H,2-8H2,1H3,(H,15,16)/t9-/m1/s1. The number of likely N-dealkylation sites (tertiary alicyclic amines) is 1. The Morgan fingerprint density at radius 1 is 1.12 bits per heavy atom. The predicted molar refractivity (Wildman–Crippen MR) is 61.8 cm³/mol. The topological polar surface area (TPSA) is 64.1 Å². The van der Waals surface area contributed by atoms with Crippen molar-refractivity contribution in [1.82, 2.24) is 14.7 Å². The molecule has 1 atom stereocenters. The zero-order chi connectivity index (χ0) is 12.4. The van der Waals surface area contributed by atoms with Gasteiger partial charge in [0, 0.05) is 32.7 Å². The van der Waals surface area contributed by atoms with Crippen molar-refractivity contribution in [3.8, 4) is 0 Å². The van der Waals surface area contributed by atoms with Crippen LogP contribution in [0.4, 0.5) is 4.79 Å². The molecule has 2 rings (SSSR count). The summed E-state index contributed by atoms with van der Waals surface area (Å²) in [5.74, 6) is -0.884. The minimum Gasteiger partial charge on any atom is -0.480 e. The molecule has 0 aromatic heterocycles. The molecule has 2 aliphatic heterocycles. The van der Waals surface area contributed by atoms with Crippen LogP contribution in [-0.2, 0) is 4.79 Å². The fraction of sp³-hybridized carbons (Fsp3) is 0.818. The Labute approximate surface area is 101 Å². The van der Waals surface area contributed by atoms with Gasteiger partial charge in [-0.05, 0) is 19.9 Å². The fourth-order valence-corrected chi connectivity index (χ4v) is 2.43. The molecule has 96 valence electrons. The van der Waals surface area contributed by atoms with Gasteiger partial charge >= 0.3 is 12.0 Å². The van der Waals surface area contributed by atoms with Crippen LogP contribution in [0.3, 0.4) is 0 Å². The van der Waals surface area contributed by atoms with Crippen molar-refractivity contribution in [3.05, 3.63) is 0 Å². The molecule has 0 aromatic rings. The SMILES string of the molecule is CN1CCN(C(=O)N2CCC[C@@H]2C(=O)O)CC1. The van der Waals surface area contributed by atoms with E-state index in [0.29, 0.717) is 26.1 Å². The van der Waals surface area contributed by atoms with Crippen LogP contribution in [0.5, 0.6) is 0 Å². The lowest BCUT2D eigenvalue weighted by atomic mass is 10.2. The van der Waals surface area contributed by atoms with E-state index in [2.05, 4.69) is 4.90 Å². The summed E-state index contributed by atoms with van der Waals surface area (Å²) in [7, 11) is 2.03. The average molecular weight is 241 g/mol. The van der Waals surface area contributed by atoms with Crippen LogP contribution in [-0.4, -0.2) is 77.6 Å². The molecule has 1 N–H and O–H groups in total. The smallest absolute Gasteiger partial charge is 0.326 e. The zero-order valence-electron chi connectivity index (χ0n) is 10.1. The molecule has 2 amide bonds.